The van der Waals surface area contributed by atoms with Crippen molar-refractivity contribution in [1.82, 2.24) is 14.9 Å². The molecule has 156 valence electrons. The third-order valence-electron chi connectivity index (χ3n) is 5.26. The first-order valence-electron chi connectivity index (χ1n) is 10.1. The van der Waals surface area contributed by atoms with Gasteiger partial charge >= 0.3 is 0 Å². The van der Waals surface area contributed by atoms with E-state index in [1.807, 2.05) is 18.2 Å². The predicted octanol–water partition coefficient (Wildman–Crippen LogP) is 2.90. The number of guanidine groups is 1. The molecule has 7 heteroatoms. The number of benzene rings is 2. The molecule has 29 heavy (non-hydrogen) atoms. The lowest BCUT2D eigenvalue weighted by molar-refractivity contribution is 0.477. The summed E-state index contributed by atoms with van der Waals surface area (Å²) in [6.45, 7) is 4.67. The first-order chi connectivity index (χ1) is 14.0. The van der Waals surface area contributed by atoms with Gasteiger partial charge in [-0.15, -0.1) is 0 Å². The van der Waals surface area contributed by atoms with Crippen molar-refractivity contribution >= 4 is 16.0 Å². The Morgan fingerprint density at radius 2 is 1.59 bits per heavy atom. The molecule has 0 amide bonds. The van der Waals surface area contributed by atoms with Crippen molar-refractivity contribution < 1.29 is 8.42 Å². The van der Waals surface area contributed by atoms with Gasteiger partial charge in [-0.1, -0.05) is 43.3 Å². The summed E-state index contributed by atoms with van der Waals surface area (Å²) in [5.74, 6) is 0.713. The number of nitrogens with one attached hydrogen (secondary N) is 2. The Morgan fingerprint density at radius 1 is 0.966 bits per heavy atom. The van der Waals surface area contributed by atoms with E-state index in [2.05, 4.69) is 40.7 Å². The molecule has 1 aliphatic rings. The molecule has 0 bridgehead atoms. The van der Waals surface area contributed by atoms with Gasteiger partial charge in [0.2, 0.25) is 10.0 Å². The highest BCUT2D eigenvalue weighted by atomic mass is 32.2. The van der Waals surface area contributed by atoms with Crippen LogP contribution >= 0.6 is 0 Å². The summed E-state index contributed by atoms with van der Waals surface area (Å²) in [6, 6.07) is 15.5. The molecular formula is C22H30N4O2S. The highest BCUT2D eigenvalue weighted by molar-refractivity contribution is 7.89. The van der Waals surface area contributed by atoms with Crippen LogP contribution in [0.25, 0.3) is 0 Å². The van der Waals surface area contributed by atoms with Crippen LogP contribution in [0, 0.1) is 0 Å². The van der Waals surface area contributed by atoms with Gasteiger partial charge in [-0.2, -0.15) is 4.31 Å². The maximum atomic E-state index is 12.6. The summed E-state index contributed by atoms with van der Waals surface area (Å²) in [4.78, 5) is 4.64. The average Bonchev–Trinajstić information content (AvgIpc) is 3.30. The van der Waals surface area contributed by atoms with Crippen molar-refractivity contribution in [3.8, 4) is 0 Å². The van der Waals surface area contributed by atoms with Crippen molar-refractivity contribution in [1.29, 1.82) is 0 Å². The zero-order valence-corrected chi connectivity index (χ0v) is 18.0. The monoisotopic (exact) mass is 414 g/mol. The van der Waals surface area contributed by atoms with Gasteiger partial charge in [-0.3, -0.25) is 4.99 Å². The molecule has 2 N–H and O–H groups in total. The van der Waals surface area contributed by atoms with E-state index >= 15 is 0 Å². The maximum absolute atomic E-state index is 12.6. The molecule has 0 aromatic heterocycles. The minimum absolute atomic E-state index is 0.363. The minimum Gasteiger partial charge on any atom is -0.352 e. The Balaban J connectivity index is 1.56. The van der Waals surface area contributed by atoms with E-state index in [0.717, 1.165) is 24.8 Å². The Kier molecular flexibility index (Phi) is 7.28. The van der Waals surface area contributed by atoms with E-state index in [1.54, 1.807) is 23.5 Å². The van der Waals surface area contributed by atoms with Crippen LogP contribution in [-0.2, 0) is 29.5 Å². The van der Waals surface area contributed by atoms with Gasteiger partial charge in [0.15, 0.2) is 5.96 Å². The number of aryl methyl sites for hydroxylation is 1. The highest BCUT2D eigenvalue weighted by Crippen LogP contribution is 2.21. The molecular weight excluding hydrogens is 384 g/mol. The van der Waals surface area contributed by atoms with E-state index in [1.165, 1.54) is 11.1 Å². The van der Waals surface area contributed by atoms with E-state index in [4.69, 9.17) is 0 Å². The fraction of sp³-hybridized carbons (Fsp3) is 0.409. The predicted molar refractivity (Wildman–Crippen MR) is 117 cm³/mol. The van der Waals surface area contributed by atoms with Crippen LogP contribution in [0.15, 0.2) is 58.4 Å². The van der Waals surface area contributed by atoms with Gasteiger partial charge in [0, 0.05) is 33.2 Å². The van der Waals surface area contributed by atoms with Gasteiger partial charge in [-0.25, -0.2) is 8.42 Å². The molecule has 6 nitrogen and oxygen atoms in total. The highest BCUT2D eigenvalue weighted by Gasteiger charge is 2.26. The van der Waals surface area contributed by atoms with Crippen molar-refractivity contribution in [3.63, 3.8) is 0 Å². The first kappa shape index (κ1) is 21.3. The number of aliphatic imine (C=N–C) groups is 1. The third-order valence-corrected chi connectivity index (χ3v) is 7.17. The molecule has 0 unspecified atom stereocenters. The lowest BCUT2D eigenvalue weighted by Gasteiger charge is -2.16. The number of nitrogens with zero attached hydrogens (tertiary/aromatic N) is 2. The van der Waals surface area contributed by atoms with Crippen molar-refractivity contribution in [3.05, 3.63) is 65.2 Å². The third kappa shape index (κ3) is 5.36. The standard InChI is InChI=1S/C22H30N4O2S/c1-3-19-8-4-5-9-20(19)17-25-22(23-2)24-16-18-10-12-21(13-11-18)29(27,28)26-14-6-7-15-26/h4-5,8-13H,3,6-7,14-17H2,1-2H3,(H2,23,24,25). The molecule has 0 radical (unpaired) electrons. The lowest BCUT2D eigenvalue weighted by atomic mass is 10.1. The number of hydrogen-bond acceptors (Lipinski definition) is 3. The van der Waals surface area contributed by atoms with Crippen LogP contribution in [0.4, 0.5) is 0 Å². The number of sulfonamides is 1. The van der Waals surface area contributed by atoms with Gasteiger partial charge in [0.25, 0.3) is 0 Å². The molecule has 0 spiro atoms. The average molecular weight is 415 g/mol. The van der Waals surface area contributed by atoms with Gasteiger partial charge < -0.3 is 10.6 Å². The Labute approximate surface area is 174 Å². The lowest BCUT2D eigenvalue weighted by Crippen LogP contribution is -2.36. The van der Waals surface area contributed by atoms with Crippen LogP contribution in [0.1, 0.15) is 36.5 Å². The van der Waals surface area contributed by atoms with Crippen molar-refractivity contribution in [2.45, 2.75) is 44.2 Å². The molecule has 0 saturated carbocycles. The van der Waals surface area contributed by atoms with Crippen LogP contribution in [0.3, 0.4) is 0 Å². The molecule has 2 aromatic carbocycles. The summed E-state index contributed by atoms with van der Waals surface area (Å²) in [5.41, 5.74) is 3.59. The molecule has 0 atom stereocenters. The van der Waals surface area contributed by atoms with Gasteiger partial charge in [0.05, 0.1) is 4.90 Å². The fourth-order valence-corrected chi connectivity index (χ4v) is 5.03. The Hall–Kier alpha value is -2.38. The topological polar surface area (TPSA) is 73.8 Å². The zero-order chi connectivity index (χ0) is 20.7. The second kappa shape index (κ2) is 9.89. The molecule has 0 aliphatic carbocycles. The summed E-state index contributed by atoms with van der Waals surface area (Å²) in [7, 11) is -1.62. The zero-order valence-electron chi connectivity index (χ0n) is 17.2. The maximum Gasteiger partial charge on any atom is 0.243 e. The smallest absolute Gasteiger partial charge is 0.243 e. The fourth-order valence-electron chi connectivity index (χ4n) is 3.52. The SMILES string of the molecule is CCc1ccccc1CNC(=NC)NCc1ccc(S(=O)(=O)N2CCCC2)cc1. The molecule has 1 aliphatic heterocycles. The van der Waals surface area contributed by atoms with Crippen LogP contribution < -0.4 is 10.6 Å². The van der Waals surface area contributed by atoms with E-state index in [-0.39, 0.29) is 0 Å². The quantitative estimate of drug-likeness (QED) is 0.540. The minimum atomic E-state index is -3.36. The van der Waals surface area contributed by atoms with E-state index < -0.39 is 10.0 Å². The summed E-state index contributed by atoms with van der Waals surface area (Å²) in [6.07, 6.45) is 2.88. The Morgan fingerprint density at radius 3 is 2.21 bits per heavy atom. The van der Waals surface area contributed by atoms with Crippen LogP contribution in [0.5, 0.6) is 0 Å². The normalized spacial score (nSPS) is 15.4. The number of hydrogen-bond donors (Lipinski definition) is 2. The van der Waals surface area contributed by atoms with E-state index in [0.29, 0.717) is 37.0 Å². The second-order valence-electron chi connectivity index (χ2n) is 7.16. The molecule has 2 aromatic rings. The summed E-state index contributed by atoms with van der Waals surface area (Å²) >= 11 is 0. The number of rotatable bonds is 7. The molecule has 3 rings (SSSR count). The Bertz CT molecular complexity index is 934. The van der Waals surface area contributed by atoms with Crippen LogP contribution in [0.2, 0.25) is 0 Å². The molecule has 1 fully saturated rings. The second-order valence-corrected chi connectivity index (χ2v) is 9.09. The largest absolute Gasteiger partial charge is 0.352 e. The summed E-state index contributed by atoms with van der Waals surface area (Å²) < 4.78 is 26.8. The molecule has 1 heterocycles. The van der Waals surface area contributed by atoms with Gasteiger partial charge in [0.1, 0.15) is 0 Å². The molecule has 1 saturated heterocycles. The van der Waals surface area contributed by atoms with Crippen molar-refractivity contribution in [2.24, 2.45) is 4.99 Å². The summed E-state index contributed by atoms with van der Waals surface area (Å²) in [5, 5.41) is 6.63. The van der Waals surface area contributed by atoms with Crippen molar-refractivity contribution in [2.75, 3.05) is 20.1 Å². The van der Waals surface area contributed by atoms with E-state index in [9.17, 15) is 8.42 Å². The van der Waals surface area contributed by atoms with Gasteiger partial charge in [-0.05, 0) is 48.1 Å². The first-order valence-corrected chi connectivity index (χ1v) is 11.6. The van der Waals surface area contributed by atoms with Crippen LogP contribution in [-0.4, -0.2) is 38.8 Å².